The molecule has 0 saturated carbocycles. The molecule has 0 spiro atoms. The molecule has 2 aromatic heterocycles. The fourth-order valence-electron chi connectivity index (χ4n) is 0.846. The summed E-state index contributed by atoms with van der Waals surface area (Å²) in [5, 5.41) is 15.4. The van der Waals surface area contributed by atoms with E-state index in [1.807, 2.05) is 0 Å². The Kier molecular flexibility index (Phi) is 1.54. The molecule has 0 atom stereocenters. The zero-order chi connectivity index (χ0) is 8.39. The van der Waals surface area contributed by atoms with Crippen molar-refractivity contribution in [2.75, 3.05) is 0 Å². The number of tetrazole rings is 1. The maximum absolute atomic E-state index is 3.99. The SMILES string of the molecule is Cn1nnc(Cn2cncn2)n1. The molecule has 12 heavy (non-hydrogen) atoms. The van der Waals surface area contributed by atoms with E-state index in [0.717, 1.165) is 0 Å². The standard InChI is InChI=1S/C5H7N7/c1-11-9-5(8-10-11)2-12-4-6-3-7-12/h3-4H,2H2,1H3. The minimum absolute atomic E-state index is 0.508. The molecule has 2 heterocycles. The molecule has 0 aromatic carbocycles. The van der Waals surface area contributed by atoms with Crippen molar-refractivity contribution >= 4 is 0 Å². The zero-order valence-corrected chi connectivity index (χ0v) is 6.49. The largest absolute Gasteiger partial charge is 0.245 e. The maximum atomic E-state index is 3.99. The number of aryl methyl sites for hydroxylation is 1. The van der Waals surface area contributed by atoms with E-state index in [0.29, 0.717) is 12.4 Å². The van der Waals surface area contributed by atoms with Gasteiger partial charge in [-0.15, -0.1) is 10.2 Å². The van der Waals surface area contributed by atoms with Gasteiger partial charge in [0, 0.05) is 0 Å². The summed E-state index contributed by atoms with van der Waals surface area (Å²) in [6.45, 7) is 0.508. The van der Waals surface area contributed by atoms with Crippen molar-refractivity contribution in [3.63, 3.8) is 0 Å². The van der Waals surface area contributed by atoms with E-state index in [1.165, 1.54) is 11.1 Å². The normalized spacial score (nSPS) is 10.4. The van der Waals surface area contributed by atoms with Crippen molar-refractivity contribution in [1.29, 1.82) is 0 Å². The van der Waals surface area contributed by atoms with Crippen LogP contribution in [-0.4, -0.2) is 35.0 Å². The van der Waals surface area contributed by atoms with E-state index in [2.05, 4.69) is 25.5 Å². The summed E-state index contributed by atoms with van der Waals surface area (Å²) >= 11 is 0. The predicted octanol–water partition coefficient (Wildman–Crippen LogP) is -1.15. The van der Waals surface area contributed by atoms with E-state index in [9.17, 15) is 0 Å². The summed E-state index contributed by atoms with van der Waals surface area (Å²) in [7, 11) is 1.72. The third-order valence-corrected chi connectivity index (χ3v) is 1.32. The first-order valence-electron chi connectivity index (χ1n) is 3.40. The zero-order valence-electron chi connectivity index (χ0n) is 6.49. The Labute approximate surface area is 68.0 Å². The Morgan fingerprint density at radius 2 is 2.42 bits per heavy atom. The molecule has 0 saturated heterocycles. The molecule has 0 aliphatic carbocycles. The highest BCUT2D eigenvalue weighted by atomic mass is 15.6. The molecule has 0 aliphatic heterocycles. The molecule has 2 aromatic rings. The van der Waals surface area contributed by atoms with E-state index in [-0.39, 0.29) is 0 Å². The molecule has 0 radical (unpaired) electrons. The second-order valence-corrected chi connectivity index (χ2v) is 2.29. The first-order chi connectivity index (χ1) is 5.84. The van der Waals surface area contributed by atoms with Gasteiger partial charge in [0.2, 0.25) is 0 Å². The van der Waals surface area contributed by atoms with Crippen LogP contribution in [0.1, 0.15) is 5.82 Å². The quantitative estimate of drug-likeness (QED) is 0.561. The van der Waals surface area contributed by atoms with Gasteiger partial charge in [-0.2, -0.15) is 9.90 Å². The minimum atomic E-state index is 0.508. The summed E-state index contributed by atoms with van der Waals surface area (Å²) < 4.78 is 1.64. The summed E-state index contributed by atoms with van der Waals surface area (Å²) in [5.41, 5.74) is 0. The Balaban J connectivity index is 2.14. The number of aromatic nitrogens is 7. The van der Waals surface area contributed by atoms with Crippen molar-refractivity contribution < 1.29 is 0 Å². The van der Waals surface area contributed by atoms with Crippen LogP contribution in [0.3, 0.4) is 0 Å². The van der Waals surface area contributed by atoms with Gasteiger partial charge in [-0.1, -0.05) is 0 Å². The highest BCUT2D eigenvalue weighted by Crippen LogP contribution is 1.88. The van der Waals surface area contributed by atoms with Crippen molar-refractivity contribution in [2.24, 2.45) is 7.05 Å². The molecule has 0 aliphatic rings. The van der Waals surface area contributed by atoms with Gasteiger partial charge < -0.3 is 0 Å². The lowest BCUT2D eigenvalue weighted by atomic mass is 10.6. The molecule has 0 bridgehead atoms. The van der Waals surface area contributed by atoms with Crippen molar-refractivity contribution in [3.05, 3.63) is 18.5 Å². The third-order valence-electron chi connectivity index (χ3n) is 1.32. The fourth-order valence-corrected chi connectivity index (χ4v) is 0.846. The Hall–Kier alpha value is -1.79. The lowest BCUT2D eigenvalue weighted by Crippen LogP contribution is -2.02. The van der Waals surface area contributed by atoms with E-state index >= 15 is 0 Å². The maximum Gasteiger partial charge on any atom is 0.196 e. The topological polar surface area (TPSA) is 74.3 Å². The highest BCUT2D eigenvalue weighted by Gasteiger charge is 2.00. The molecule has 0 amide bonds. The first-order valence-corrected chi connectivity index (χ1v) is 3.40. The molecule has 0 fully saturated rings. The van der Waals surface area contributed by atoms with Crippen LogP contribution in [0.2, 0.25) is 0 Å². The van der Waals surface area contributed by atoms with Crippen LogP contribution in [0.25, 0.3) is 0 Å². The average molecular weight is 165 g/mol. The van der Waals surface area contributed by atoms with Crippen LogP contribution >= 0.6 is 0 Å². The molecule has 7 heteroatoms. The molecular weight excluding hydrogens is 158 g/mol. The van der Waals surface area contributed by atoms with Crippen LogP contribution in [-0.2, 0) is 13.6 Å². The highest BCUT2D eigenvalue weighted by molar-refractivity contribution is 4.77. The molecule has 7 nitrogen and oxygen atoms in total. The van der Waals surface area contributed by atoms with Gasteiger partial charge in [-0.3, -0.25) is 0 Å². The van der Waals surface area contributed by atoms with Crippen LogP contribution in [0.15, 0.2) is 12.7 Å². The van der Waals surface area contributed by atoms with Crippen LogP contribution < -0.4 is 0 Å². The van der Waals surface area contributed by atoms with Crippen LogP contribution in [0.4, 0.5) is 0 Å². The third kappa shape index (κ3) is 1.29. The van der Waals surface area contributed by atoms with Gasteiger partial charge in [0.1, 0.15) is 19.2 Å². The second-order valence-electron chi connectivity index (χ2n) is 2.29. The second kappa shape index (κ2) is 2.68. The van der Waals surface area contributed by atoms with Crippen LogP contribution in [0.5, 0.6) is 0 Å². The monoisotopic (exact) mass is 165 g/mol. The fraction of sp³-hybridized carbons (Fsp3) is 0.400. The van der Waals surface area contributed by atoms with Crippen molar-refractivity contribution in [3.8, 4) is 0 Å². The summed E-state index contributed by atoms with van der Waals surface area (Å²) in [4.78, 5) is 5.20. The van der Waals surface area contributed by atoms with Gasteiger partial charge in [-0.05, 0) is 5.21 Å². The van der Waals surface area contributed by atoms with E-state index in [4.69, 9.17) is 0 Å². The van der Waals surface area contributed by atoms with Gasteiger partial charge in [0.25, 0.3) is 0 Å². The van der Waals surface area contributed by atoms with E-state index in [1.54, 1.807) is 18.1 Å². The number of hydrogen-bond donors (Lipinski definition) is 0. The van der Waals surface area contributed by atoms with Crippen molar-refractivity contribution in [1.82, 2.24) is 35.0 Å². The Bertz CT molecular complexity index is 348. The molecule has 62 valence electrons. The Morgan fingerprint density at radius 1 is 1.50 bits per heavy atom. The molecular formula is C5H7N7. The lowest BCUT2D eigenvalue weighted by molar-refractivity contribution is 0.617. The number of rotatable bonds is 2. The van der Waals surface area contributed by atoms with Crippen LogP contribution in [0, 0.1) is 0 Å². The Morgan fingerprint density at radius 3 is 3.00 bits per heavy atom. The van der Waals surface area contributed by atoms with Gasteiger partial charge in [-0.25, -0.2) is 9.67 Å². The van der Waals surface area contributed by atoms with Gasteiger partial charge >= 0.3 is 0 Å². The average Bonchev–Trinajstić information content (AvgIpc) is 2.63. The first kappa shape index (κ1) is 6.89. The molecule has 2 rings (SSSR count). The van der Waals surface area contributed by atoms with Crippen molar-refractivity contribution in [2.45, 2.75) is 6.54 Å². The molecule has 0 N–H and O–H groups in total. The minimum Gasteiger partial charge on any atom is -0.245 e. The van der Waals surface area contributed by atoms with Gasteiger partial charge in [0.05, 0.1) is 7.05 Å². The number of nitrogens with zero attached hydrogens (tertiary/aromatic N) is 7. The lowest BCUT2D eigenvalue weighted by Gasteiger charge is -1.91. The summed E-state index contributed by atoms with van der Waals surface area (Å²) in [6, 6.07) is 0. The van der Waals surface area contributed by atoms with Gasteiger partial charge in [0.15, 0.2) is 5.82 Å². The van der Waals surface area contributed by atoms with E-state index < -0.39 is 0 Å². The predicted molar refractivity (Wildman–Crippen MR) is 37.9 cm³/mol. The smallest absolute Gasteiger partial charge is 0.196 e. The number of hydrogen-bond acceptors (Lipinski definition) is 5. The summed E-state index contributed by atoms with van der Waals surface area (Å²) in [5.74, 6) is 0.628. The summed E-state index contributed by atoms with van der Waals surface area (Å²) in [6.07, 6.45) is 3.08. The molecule has 0 unspecified atom stereocenters.